The molecule has 2 amide bonds. The van der Waals surface area contributed by atoms with Gasteiger partial charge in [-0.05, 0) is 74.6 Å². The number of hydrogen-bond acceptors (Lipinski definition) is 7. The monoisotopic (exact) mass is 535 g/mol. The molecule has 0 bridgehead atoms. The lowest BCUT2D eigenvalue weighted by Gasteiger charge is -2.30. The van der Waals surface area contributed by atoms with Crippen molar-refractivity contribution in [3.05, 3.63) is 53.6 Å². The second-order valence-corrected chi connectivity index (χ2v) is 10.2. The van der Waals surface area contributed by atoms with Gasteiger partial charge in [-0.3, -0.25) is 20.3 Å². The third-order valence-corrected chi connectivity index (χ3v) is 7.59. The molecular formula is C30H37N3O6. The Hall–Kier alpha value is -3.88. The summed E-state index contributed by atoms with van der Waals surface area (Å²) < 4.78 is 15.8. The van der Waals surface area contributed by atoms with Crippen molar-refractivity contribution in [2.24, 2.45) is 5.92 Å². The van der Waals surface area contributed by atoms with E-state index in [9.17, 15) is 14.4 Å². The fourth-order valence-electron chi connectivity index (χ4n) is 5.30. The number of amides is 2. The molecule has 0 heterocycles. The fourth-order valence-corrected chi connectivity index (χ4v) is 5.30. The summed E-state index contributed by atoms with van der Waals surface area (Å²) in [7, 11) is 2.77. The maximum Gasteiger partial charge on any atom is 0.412 e. The predicted molar refractivity (Wildman–Crippen MR) is 147 cm³/mol. The van der Waals surface area contributed by atoms with Crippen LogP contribution >= 0.6 is 0 Å². The molecule has 0 aliphatic heterocycles. The first-order valence-corrected chi connectivity index (χ1v) is 13.6. The van der Waals surface area contributed by atoms with Gasteiger partial charge >= 0.3 is 12.1 Å². The quantitative estimate of drug-likeness (QED) is 0.254. The zero-order valence-corrected chi connectivity index (χ0v) is 22.6. The molecule has 0 atom stereocenters. The molecule has 0 radical (unpaired) electrons. The summed E-state index contributed by atoms with van der Waals surface area (Å²) in [4.78, 5) is 37.3. The summed E-state index contributed by atoms with van der Waals surface area (Å²) in [5.74, 6) is 0.0120. The highest BCUT2D eigenvalue weighted by atomic mass is 16.5. The number of methoxy groups -OCH3 is 2. The van der Waals surface area contributed by atoms with Crippen LogP contribution in [-0.2, 0) is 14.3 Å². The Kier molecular flexibility index (Phi) is 9.57. The average Bonchev–Trinajstić information content (AvgIpc) is 2.97. The van der Waals surface area contributed by atoms with E-state index in [2.05, 4.69) is 15.4 Å². The van der Waals surface area contributed by atoms with Crippen LogP contribution in [0.1, 0.15) is 73.7 Å². The number of rotatable bonds is 7. The number of carbonyl (C=O) groups excluding carboxylic acids is 3. The largest absolute Gasteiger partial charge is 0.496 e. The summed E-state index contributed by atoms with van der Waals surface area (Å²) in [6.45, 7) is 0. The maximum atomic E-state index is 13.3. The second-order valence-electron chi connectivity index (χ2n) is 10.2. The molecule has 39 heavy (non-hydrogen) atoms. The Morgan fingerprint density at radius 1 is 0.846 bits per heavy atom. The minimum atomic E-state index is -0.706. The van der Waals surface area contributed by atoms with E-state index < -0.39 is 6.09 Å². The minimum absolute atomic E-state index is 0.0165. The van der Waals surface area contributed by atoms with Gasteiger partial charge in [0.2, 0.25) is 0 Å². The summed E-state index contributed by atoms with van der Waals surface area (Å²) in [6.07, 6.45) is 7.66. The summed E-state index contributed by atoms with van der Waals surface area (Å²) in [5.41, 5.74) is 2.61. The van der Waals surface area contributed by atoms with Crippen molar-refractivity contribution in [2.45, 2.75) is 69.9 Å². The Labute approximate surface area is 229 Å². The van der Waals surface area contributed by atoms with Crippen LogP contribution in [0.25, 0.3) is 11.1 Å². The first kappa shape index (κ1) is 28.1. The van der Waals surface area contributed by atoms with E-state index >= 15 is 0 Å². The van der Waals surface area contributed by atoms with Crippen LogP contribution in [0.2, 0.25) is 0 Å². The van der Waals surface area contributed by atoms with E-state index in [-0.39, 0.29) is 35.8 Å². The van der Waals surface area contributed by atoms with Crippen molar-refractivity contribution in [1.29, 1.82) is 5.41 Å². The number of hydrogen-bond donors (Lipinski definition) is 3. The number of carbonyl (C=O) groups is 3. The molecule has 2 aromatic carbocycles. The van der Waals surface area contributed by atoms with Gasteiger partial charge in [0.1, 0.15) is 17.7 Å². The van der Waals surface area contributed by atoms with Gasteiger partial charge in [-0.25, -0.2) is 4.79 Å². The molecule has 2 saturated carbocycles. The van der Waals surface area contributed by atoms with Crippen LogP contribution in [0.5, 0.6) is 5.75 Å². The molecule has 0 saturated heterocycles. The lowest BCUT2D eigenvalue weighted by molar-refractivity contribution is -0.156. The molecule has 2 aliphatic carbocycles. The zero-order valence-electron chi connectivity index (χ0n) is 22.6. The predicted octanol–water partition coefficient (Wildman–Crippen LogP) is 5.21. The summed E-state index contributed by atoms with van der Waals surface area (Å²) in [6, 6.07) is 12.5. The van der Waals surface area contributed by atoms with E-state index in [1.54, 1.807) is 24.3 Å². The van der Waals surface area contributed by atoms with Gasteiger partial charge in [-0.1, -0.05) is 36.8 Å². The van der Waals surface area contributed by atoms with E-state index in [1.807, 2.05) is 18.2 Å². The van der Waals surface area contributed by atoms with E-state index in [0.717, 1.165) is 49.7 Å². The van der Waals surface area contributed by atoms with E-state index in [0.29, 0.717) is 29.7 Å². The normalized spacial score (nSPS) is 19.4. The van der Waals surface area contributed by atoms with Gasteiger partial charge in [0.05, 0.1) is 25.7 Å². The Balaban J connectivity index is 1.36. The molecule has 2 aromatic rings. The number of benzene rings is 2. The van der Waals surface area contributed by atoms with Crippen molar-refractivity contribution in [1.82, 2.24) is 10.6 Å². The molecule has 2 fully saturated rings. The lowest BCUT2D eigenvalue weighted by Crippen LogP contribution is -2.39. The highest BCUT2D eigenvalue weighted by molar-refractivity contribution is 6.04. The van der Waals surface area contributed by atoms with Crippen LogP contribution in [0.3, 0.4) is 0 Å². The van der Waals surface area contributed by atoms with Gasteiger partial charge < -0.3 is 19.5 Å². The van der Waals surface area contributed by atoms with E-state index in [4.69, 9.17) is 14.9 Å². The van der Waals surface area contributed by atoms with Crippen molar-refractivity contribution in [3.8, 4) is 16.9 Å². The first-order valence-electron chi connectivity index (χ1n) is 13.6. The number of nitrogens with one attached hydrogen (secondary N) is 3. The van der Waals surface area contributed by atoms with Gasteiger partial charge in [0.25, 0.3) is 5.91 Å². The Bertz CT molecular complexity index is 1180. The second kappa shape index (κ2) is 13.3. The highest BCUT2D eigenvalue weighted by Gasteiger charge is 2.30. The molecule has 9 nitrogen and oxygen atoms in total. The zero-order chi connectivity index (χ0) is 27.8. The number of esters is 1. The molecule has 4 rings (SSSR count). The molecule has 2 aliphatic rings. The van der Waals surface area contributed by atoms with Crippen molar-refractivity contribution < 1.29 is 28.6 Å². The Morgan fingerprint density at radius 3 is 2.15 bits per heavy atom. The average molecular weight is 536 g/mol. The number of ether oxygens (including phenoxy) is 3. The minimum Gasteiger partial charge on any atom is -0.496 e. The Morgan fingerprint density at radius 2 is 1.51 bits per heavy atom. The fraction of sp³-hybridized carbons (Fsp3) is 0.467. The van der Waals surface area contributed by atoms with Crippen LogP contribution in [0.4, 0.5) is 4.79 Å². The van der Waals surface area contributed by atoms with Crippen molar-refractivity contribution >= 4 is 23.8 Å². The molecular weight excluding hydrogens is 498 g/mol. The molecule has 9 heteroatoms. The van der Waals surface area contributed by atoms with Crippen LogP contribution in [-0.4, -0.2) is 50.2 Å². The van der Waals surface area contributed by atoms with Crippen molar-refractivity contribution in [3.63, 3.8) is 0 Å². The maximum absolute atomic E-state index is 13.3. The molecule has 0 spiro atoms. The van der Waals surface area contributed by atoms with Gasteiger partial charge in [-0.15, -0.1) is 0 Å². The SMILES string of the molecule is COC(=O)NC(=N)c1ccc(-c2ccc(OC)c(C(=O)NC3CCC(C(=O)OC4CCCCC4)CC3)c2)cc1. The third kappa shape index (κ3) is 7.37. The number of amidine groups is 1. The molecule has 208 valence electrons. The van der Waals surface area contributed by atoms with Crippen LogP contribution in [0.15, 0.2) is 42.5 Å². The van der Waals surface area contributed by atoms with Crippen LogP contribution < -0.4 is 15.4 Å². The van der Waals surface area contributed by atoms with E-state index in [1.165, 1.54) is 20.6 Å². The van der Waals surface area contributed by atoms with Gasteiger partial charge in [0.15, 0.2) is 0 Å². The van der Waals surface area contributed by atoms with Crippen molar-refractivity contribution in [2.75, 3.05) is 14.2 Å². The van der Waals surface area contributed by atoms with Gasteiger partial charge in [0, 0.05) is 11.6 Å². The standard InChI is InChI=1S/C30H37N3O6/c1-37-26-17-14-22(19-8-10-20(11-9-19)27(31)33-30(36)38-2)18-25(26)28(34)32-23-15-12-21(13-16-23)29(35)39-24-6-4-3-5-7-24/h8-11,14,17-18,21,23-24H,3-7,12-13,15-16H2,1-2H3,(H,32,34)(H2,31,33,36). The topological polar surface area (TPSA) is 127 Å². The van der Waals surface area contributed by atoms with Crippen LogP contribution in [0, 0.1) is 11.3 Å². The van der Waals surface area contributed by atoms with Gasteiger partial charge in [-0.2, -0.15) is 0 Å². The highest BCUT2D eigenvalue weighted by Crippen LogP contribution is 2.30. The molecule has 0 unspecified atom stereocenters. The summed E-state index contributed by atoms with van der Waals surface area (Å²) >= 11 is 0. The number of alkyl carbamates (subject to hydrolysis) is 1. The molecule has 3 N–H and O–H groups in total. The molecule has 0 aromatic heterocycles. The first-order chi connectivity index (χ1) is 18.9. The lowest BCUT2D eigenvalue weighted by atomic mass is 9.85. The smallest absolute Gasteiger partial charge is 0.412 e. The summed E-state index contributed by atoms with van der Waals surface area (Å²) in [5, 5.41) is 13.5. The third-order valence-electron chi connectivity index (χ3n) is 7.59.